The highest BCUT2D eigenvalue weighted by molar-refractivity contribution is 5.97. The number of methoxy groups -OCH3 is 1. The highest BCUT2D eigenvalue weighted by Crippen LogP contribution is 2.35. The third-order valence-electron chi connectivity index (χ3n) is 4.68. The molecule has 0 unspecified atom stereocenters. The summed E-state index contributed by atoms with van der Waals surface area (Å²) < 4.78 is 21.0. The Kier molecular flexibility index (Phi) is 4.66. The Hall–Kier alpha value is -4.21. The molecule has 0 bridgehead atoms. The smallest absolute Gasteiger partial charge is 0.307 e. The molecule has 4 rings (SSSR count). The maximum Gasteiger partial charge on any atom is 0.307 e. The summed E-state index contributed by atoms with van der Waals surface area (Å²) in [5.74, 6) is -0.798. The number of hydrogen-bond donors (Lipinski definition) is 2. The SMILES string of the molecule is COc1cc(F)c([N+](=O)[O-])cc1Nc1ncc(N)c(-c2cn(C)c3ccccc23)n1. The number of hydrogen-bond acceptors (Lipinski definition) is 7. The van der Waals surface area contributed by atoms with E-state index in [1.54, 1.807) is 0 Å². The van der Waals surface area contributed by atoms with E-state index >= 15 is 0 Å². The average Bonchev–Trinajstić information content (AvgIpc) is 3.07. The molecule has 3 N–H and O–H groups in total. The van der Waals surface area contributed by atoms with Crippen molar-refractivity contribution >= 4 is 33.9 Å². The number of ether oxygens (including phenoxy) is 1. The fourth-order valence-electron chi connectivity index (χ4n) is 3.27. The summed E-state index contributed by atoms with van der Waals surface area (Å²) in [6.45, 7) is 0. The first-order chi connectivity index (χ1) is 14.4. The van der Waals surface area contributed by atoms with Crippen molar-refractivity contribution in [2.75, 3.05) is 18.2 Å². The van der Waals surface area contributed by atoms with E-state index in [1.165, 1.54) is 13.3 Å². The number of para-hydroxylation sites is 1. The van der Waals surface area contributed by atoms with Gasteiger partial charge < -0.3 is 20.4 Å². The number of nitrogens with one attached hydrogen (secondary N) is 1. The van der Waals surface area contributed by atoms with Gasteiger partial charge in [0, 0.05) is 41.8 Å². The summed E-state index contributed by atoms with van der Waals surface area (Å²) >= 11 is 0. The predicted molar refractivity (Wildman–Crippen MR) is 111 cm³/mol. The van der Waals surface area contributed by atoms with E-state index in [9.17, 15) is 14.5 Å². The van der Waals surface area contributed by atoms with Gasteiger partial charge in [-0.25, -0.2) is 9.97 Å². The Balaban J connectivity index is 1.80. The molecule has 0 amide bonds. The van der Waals surface area contributed by atoms with E-state index in [4.69, 9.17) is 10.5 Å². The van der Waals surface area contributed by atoms with Crippen LogP contribution in [0.4, 0.5) is 27.4 Å². The minimum atomic E-state index is -1.00. The average molecular weight is 408 g/mol. The van der Waals surface area contributed by atoms with Gasteiger partial charge in [-0.15, -0.1) is 0 Å². The third-order valence-corrected chi connectivity index (χ3v) is 4.68. The summed E-state index contributed by atoms with van der Waals surface area (Å²) in [5, 5.41) is 14.9. The van der Waals surface area contributed by atoms with Crippen LogP contribution in [0.5, 0.6) is 5.75 Å². The lowest BCUT2D eigenvalue weighted by atomic mass is 10.1. The second kappa shape index (κ2) is 7.32. The van der Waals surface area contributed by atoms with Crippen molar-refractivity contribution in [3.8, 4) is 17.0 Å². The first-order valence-corrected chi connectivity index (χ1v) is 8.85. The van der Waals surface area contributed by atoms with Crippen LogP contribution in [-0.4, -0.2) is 26.6 Å². The summed E-state index contributed by atoms with van der Waals surface area (Å²) in [6, 6.07) is 9.78. The molecule has 0 radical (unpaired) electrons. The molecular formula is C20H17FN6O3. The highest BCUT2D eigenvalue weighted by Gasteiger charge is 2.20. The molecule has 4 aromatic rings. The largest absolute Gasteiger partial charge is 0.494 e. The van der Waals surface area contributed by atoms with Gasteiger partial charge in [-0.2, -0.15) is 4.39 Å². The molecular weight excluding hydrogens is 391 g/mol. The van der Waals surface area contributed by atoms with Crippen LogP contribution in [0.25, 0.3) is 22.2 Å². The van der Waals surface area contributed by atoms with Gasteiger partial charge in [-0.3, -0.25) is 10.1 Å². The highest BCUT2D eigenvalue weighted by atomic mass is 19.1. The Morgan fingerprint density at radius 3 is 2.80 bits per heavy atom. The molecule has 0 fully saturated rings. The van der Waals surface area contributed by atoms with Crippen molar-refractivity contribution in [1.82, 2.24) is 14.5 Å². The number of nitrogens with two attached hydrogens (primary N) is 1. The van der Waals surface area contributed by atoms with Crippen LogP contribution in [-0.2, 0) is 7.05 Å². The quantitative estimate of drug-likeness (QED) is 0.378. The van der Waals surface area contributed by atoms with Gasteiger partial charge in [0.05, 0.1) is 29.6 Å². The van der Waals surface area contributed by atoms with Gasteiger partial charge in [0.1, 0.15) is 11.4 Å². The lowest BCUT2D eigenvalue weighted by Gasteiger charge is -2.12. The maximum absolute atomic E-state index is 13.9. The van der Waals surface area contributed by atoms with Gasteiger partial charge in [-0.05, 0) is 6.07 Å². The minimum Gasteiger partial charge on any atom is -0.494 e. The van der Waals surface area contributed by atoms with Crippen LogP contribution in [0.3, 0.4) is 0 Å². The number of nitro benzene ring substituents is 1. The molecule has 2 aromatic heterocycles. The zero-order valence-electron chi connectivity index (χ0n) is 16.1. The molecule has 10 heteroatoms. The first kappa shape index (κ1) is 19.1. The number of halogens is 1. The number of nitrogens with zero attached hydrogens (tertiary/aromatic N) is 4. The monoisotopic (exact) mass is 408 g/mol. The summed E-state index contributed by atoms with van der Waals surface area (Å²) in [5.41, 5.74) is 8.28. The fraction of sp³-hybridized carbons (Fsp3) is 0.100. The van der Waals surface area contributed by atoms with Crippen molar-refractivity contribution in [3.63, 3.8) is 0 Å². The Bertz CT molecular complexity index is 1290. The van der Waals surface area contributed by atoms with Crippen LogP contribution in [0.15, 0.2) is 48.8 Å². The molecule has 2 heterocycles. The fourth-order valence-corrected chi connectivity index (χ4v) is 3.27. The standard InChI is InChI=1S/C20H17FN6O3/c1-26-10-12(11-5-3-4-6-16(11)26)19-14(22)9-23-20(25-19)24-15-8-17(27(28)29)13(21)7-18(15)30-2/h3-10H,22H2,1-2H3,(H,23,24,25). The molecule has 0 aliphatic rings. The molecule has 0 spiro atoms. The second-order valence-corrected chi connectivity index (χ2v) is 6.55. The van der Waals surface area contributed by atoms with Crippen molar-refractivity contribution in [2.24, 2.45) is 7.05 Å². The van der Waals surface area contributed by atoms with Crippen LogP contribution in [0.1, 0.15) is 0 Å². The lowest BCUT2D eigenvalue weighted by molar-refractivity contribution is -0.387. The van der Waals surface area contributed by atoms with Crippen molar-refractivity contribution in [2.45, 2.75) is 0 Å². The summed E-state index contributed by atoms with van der Waals surface area (Å²) in [4.78, 5) is 18.9. The number of rotatable bonds is 5. The molecule has 0 saturated carbocycles. The molecule has 9 nitrogen and oxygen atoms in total. The Labute approximate surface area is 170 Å². The number of aryl methyl sites for hydroxylation is 1. The lowest BCUT2D eigenvalue weighted by Crippen LogP contribution is -2.04. The molecule has 2 aromatic carbocycles. The van der Waals surface area contributed by atoms with E-state index in [0.717, 1.165) is 28.6 Å². The third kappa shape index (κ3) is 3.24. The van der Waals surface area contributed by atoms with E-state index in [-0.39, 0.29) is 17.4 Å². The number of fused-ring (bicyclic) bond motifs is 1. The van der Waals surface area contributed by atoms with Crippen LogP contribution in [0, 0.1) is 15.9 Å². The molecule has 0 atom stereocenters. The molecule has 30 heavy (non-hydrogen) atoms. The van der Waals surface area contributed by atoms with E-state index in [1.807, 2.05) is 42.1 Å². The van der Waals surface area contributed by atoms with Gasteiger partial charge in [0.2, 0.25) is 11.8 Å². The molecule has 0 aliphatic carbocycles. The van der Waals surface area contributed by atoms with Crippen LogP contribution in [0.2, 0.25) is 0 Å². The van der Waals surface area contributed by atoms with Gasteiger partial charge in [-0.1, -0.05) is 18.2 Å². The number of aromatic nitrogens is 3. The minimum absolute atomic E-state index is 0.0743. The molecule has 0 aliphatic heterocycles. The van der Waals surface area contributed by atoms with Crippen LogP contribution < -0.4 is 15.8 Å². The topological polar surface area (TPSA) is 121 Å². The number of anilines is 3. The van der Waals surface area contributed by atoms with Crippen LogP contribution >= 0.6 is 0 Å². The zero-order valence-corrected chi connectivity index (χ0v) is 16.1. The van der Waals surface area contributed by atoms with E-state index in [0.29, 0.717) is 11.4 Å². The first-order valence-electron chi connectivity index (χ1n) is 8.85. The van der Waals surface area contributed by atoms with Crippen molar-refractivity contribution < 1.29 is 14.1 Å². The van der Waals surface area contributed by atoms with E-state index < -0.39 is 16.4 Å². The summed E-state index contributed by atoms with van der Waals surface area (Å²) in [7, 11) is 3.25. The Morgan fingerprint density at radius 1 is 1.30 bits per heavy atom. The van der Waals surface area contributed by atoms with Gasteiger partial charge in [0.15, 0.2) is 0 Å². The number of nitrogen functional groups attached to an aromatic ring is 1. The molecule has 0 saturated heterocycles. The van der Waals surface area contributed by atoms with E-state index in [2.05, 4.69) is 15.3 Å². The number of benzene rings is 2. The normalized spacial score (nSPS) is 10.9. The predicted octanol–water partition coefficient (Wildman–Crippen LogP) is 4.02. The van der Waals surface area contributed by atoms with Crippen molar-refractivity contribution in [1.29, 1.82) is 0 Å². The number of nitro groups is 1. The maximum atomic E-state index is 13.9. The molecule has 152 valence electrons. The summed E-state index contributed by atoms with van der Waals surface area (Å²) in [6.07, 6.45) is 3.35. The van der Waals surface area contributed by atoms with Gasteiger partial charge >= 0.3 is 5.69 Å². The second-order valence-electron chi connectivity index (χ2n) is 6.55. The van der Waals surface area contributed by atoms with Crippen molar-refractivity contribution in [3.05, 3.63) is 64.7 Å². The zero-order chi connectivity index (χ0) is 21.4. The Morgan fingerprint density at radius 2 is 2.07 bits per heavy atom. The van der Waals surface area contributed by atoms with Gasteiger partial charge in [0.25, 0.3) is 0 Å².